The minimum atomic E-state index is -1.86. The summed E-state index contributed by atoms with van der Waals surface area (Å²) in [5.74, 6) is 1.24. The minimum absolute atomic E-state index is 0.0804. The second kappa shape index (κ2) is 10.8. The summed E-state index contributed by atoms with van der Waals surface area (Å²) in [4.78, 5) is 35.5. The first kappa shape index (κ1) is 28.7. The number of hydrogen-bond acceptors (Lipinski definition) is 7. The number of hydrogen-bond donors (Lipinski definition) is 2. The van der Waals surface area contributed by atoms with Crippen molar-refractivity contribution < 1.29 is 23.3 Å². The summed E-state index contributed by atoms with van der Waals surface area (Å²) < 4.78 is 30.9. The van der Waals surface area contributed by atoms with E-state index in [1.165, 1.54) is 10.1 Å². The van der Waals surface area contributed by atoms with E-state index in [0.717, 1.165) is 65.6 Å². The number of fused-ring (bicyclic) bond motifs is 3. The third-order valence-corrected chi connectivity index (χ3v) is 9.33. The highest BCUT2D eigenvalue weighted by molar-refractivity contribution is 7.83. The Morgan fingerprint density at radius 2 is 2.00 bits per heavy atom. The smallest absolute Gasteiger partial charge is 0.420 e. The van der Waals surface area contributed by atoms with Gasteiger partial charge in [0.2, 0.25) is 0 Å². The lowest BCUT2D eigenvalue weighted by Gasteiger charge is -2.23. The van der Waals surface area contributed by atoms with Gasteiger partial charge in [0.1, 0.15) is 23.2 Å². The van der Waals surface area contributed by atoms with Crippen LogP contribution in [0.3, 0.4) is 0 Å². The van der Waals surface area contributed by atoms with Gasteiger partial charge in [0.15, 0.2) is 16.0 Å². The number of benzene rings is 1. The van der Waals surface area contributed by atoms with Crippen molar-refractivity contribution in [3.05, 3.63) is 59.3 Å². The van der Waals surface area contributed by atoms with Crippen LogP contribution in [0.4, 0.5) is 15.3 Å². The second-order valence-electron chi connectivity index (χ2n) is 12.8. The number of carbonyl (C=O) groups is 2. The van der Waals surface area contributed by atoms with Gasteiger partial charge in [0.25, 0.3) is 0 Å². The molecule has 0 radical (unpaired) electrons. The van der Waals surface area contributed by atoms with Crippen LogP contribution in [0.25, 0.3) is 22.2 Å². The maximum Gasteiger partial charge on any atom is 0.420 e. The molecule has 3 aromatic heterocycles. The van der Waals surface area contributed by atoms with Gasteiger partial charge < -0.3 is 19.4 Å². The molecule has 2 atom stereocenters. The van der Waals surface area contributed by atoms with Crippen LogP contribution in [-0.4, -0.2) is 47.6 Å². The number of imidazole rings is 1. The molecule has 4 aromatic rings. The average Bonchev–Trinajstić information content (AvgIpc) is 3.33. The van der Waals surface area contributed by atoms with Gasteiger partial charge in [-0.2, -0.15) is 0 Å². The van der Waals surface area contributed by atoms with Gasteiger partial charge in [-0.1, -0.05) is 6.07 Å². The Kier molecular flexibility index (Phi) is 7.08. The molecule has 11 nitrogen and oxygen atoms in total. The summed E-state index contributed by atoms with van der Waals surface area (Å²) in [7, 11) is -1.86. The molecule has 2 unspecified atom stereocenters. The van der Waals surface area contributed by atoms with Gasteiger partial charge in [-0.15, -0.1) is 0 Å². The molecule has 230 valence electrons. The lowest BCUT2D eigenvalue weighted by molar-refractivity contribution is 0.00283. The van der Waals surface area contributed by atoms with Gasteiger partial charge in [-0.3, -0.25) is 4.72 Å². The molecule has 0 bridgehead atoms. The van der Waals surface area contributed by atoms with E-state index in [1.54, 1.807) is 18.6 Å². The van der Waals surface area contributed by atoms with Crippen LogP contribution in [0.2, 0.25) is 0 Å². The summed E-state index contributed by atoms with van der Waals surface area (Å²) in [6.07, 6.45) is 9.39. The van der Waals surface area contributed by atoms with Crippen LogP contribution in [0.15, 0.2) is 41.8 Å². The molecule has 3 aliphatic rings. The first-order valence-electron chi connectivity index (χ1n) is 15.1. The Bertz CT molecular complexity index is 1830. The SMILES string of the molecule is Cc1cc2c(c(NC(=O)NS(=O)c3cn4c(n3)C(C3CC3)OCC4)c1-c1ccnc3c1ccn3C(=O)OC(C)(C)C)CCC2. The molecule has 12 heteroatoms. The molecule has 4 heterocycles. The van der Waals surface area contributed by atoms with E-state index in [2.05, 4.69) is 26.1 Å². The first-order chi connectivity index (χ1) is 21.1. The standard InChI is InChI=1S/C32H36N6O5S/c1-18-16-20-6-5-7-21(20)26(25(18)22-10-12-33-28-23(22)11-13-38(28)31(40)43-32(2,3)4)35-30(39)36-44(41)24-17-37-14-15-42-27(19-8-9-19)29(37)34-24/h10-13,16-17,19,27H,5-9,14-15H2,1-4H3,(H2,35,36,39). The summed E-state index contributed by atoms with van der Waals surface area (Å²) in [5.41, 5.74) is 5.37. The molecule has 1 fully saturated rings. The van der Waals surface area contributed by atoms with E-state index in [0.29, 0.717) is 35.4 Å². The maximum atomic E-state index is 13.5. The van der Waals surface area contributed by atoms with Crippen LogP contribution >= 0.6 is 0 Å². The summed E-state index contributed by atoms with van der Waals surface area (Å²) in [6.45, 7) is 8.71. The number of anilines is 1. The van der Waals surface area contributed by atoms with Gasteiger partial charge in [0.05, 0.1) is 12.3 Å². The number of rotatable bonds is 5. The van der Waals surface area contributed by atoms with Crippen LogP contribution in [0.5, 0.6) is 0 Å². The number of carbonyl (C=O) groups excluding carboxylic acids is 2. The van der Waals surface area contributed by atoms with Gasteiger partial charge in [0, 0.05) is 36.1 Å². The van der Waals surface area contributed by atoms with Crippen molar-refractivity contribution >= 4 is 39.8 Å². The van der Waals surface area contributed by atoms with Crippen molar-refractivity contribution in [3.63, 3.8) is 0 Å². The molecule has 1 aliphatic heterocycles. The minimum Gasteiger partial charge on any atom is -0.443 e. The lowest BCUT2D eigenvalue weighted by atomic mass is 9.92. The van der Waals surface area contributed by atoms with Crippen molar-refractivity contribution in [2.24, 2.45) is 5.92 Å². The fourth-order valence-corrected chi connectivity index (χ4v) is 7.09. The molecule has 1 saturated carbocycles. The zero-order valence-electron chi connectivity index (χ0n) is 25.3. The molecular weight excluding hydrogens is 580 g/mol. The number of amides is 2. The van der Waals surface area contributed by atoms with Crippen molar-refractivity contribution in [1.82, 2.24) is 23.8 Å². The number of aromatic nitrogens is 4. The predicted octanol–water partition coefficient (Wildman–Crippen LogP) is 5.81. The molecule has 44 heavy (non-hydrogen) atoms. The maximum absolute atomic E-state index is 13.5. The van der Waals surface area contributed by atoms with Crippen molar-refractivity contribution in [2.45, 2.75) is 83.1 Å². The zero-order valence-corrected chi connectivity index (χ0v) is 26.1. The third-order valence-electron chi connectivity index (χ3n) is 8.38. The van der Waals surface area contributed by atoms with Crippen LogP contribution in [-0.2, 0) is 39.8 Å². The fourth-order valence-electron chi connectivity index (χ4n) is 6.37. The van der Waals surface area contributed by atoms with E-state index in [4.69, 9.17) is 9.47 Å². The van der Waals surface area contributed by atoms with Gasteiger partial charge >= 0.3 is 12.1 Å². The van der Waals surface area contributed by atoms with Crippen molar-refractivity contribution in [3.8, 4) is 11.1 Å². The Morgan fingerprint density at radius 3 is 2.77 bits per heavy atom. The van der Waals surface area contributed by atoms with Crippen LogP contribution in [0, 0.1) is 12.8 Å². The highest BCUT2D eigenvalue weighted by atomic mass is 32.2. The van der Waals surface area contributed by atoms with E-state index in [-0.39, 0.29) is 6.10 Å². The summed E-state index contributed by atoms with van der Waals surface area (Å²) in [6, 6.07) is 5.32. The number of ether oxygens (including phenoxy) is 2. The number of urea groups is 1. The van der Waals surface area contributed by atoms with E-state index in [1.807, 2.05) is 44.4 Å². The molecule has 7 rings (SSSR count). The molecule has 2 N–H and O–H groups in total. The summed E-state index contributed by atoms with van der Waals surface area (Å²) in [5, 5.41) is 4.11. The van der Waals surface area contributed by atoms with Crippen molar-refractivity contribution in [1.29, 1.82) is 0 Å². The van der Waals surface area contributed by atoms with E-state index in [9.17, 15) is 13.8 Å². The molecule has 1 aromatic carbocycles. The number of aryl methyl sites for hydroxylation is 2. The number of nitrogens with one attached hydrogen (secondary N) is 2. The largest absolute Gasteiger partial charge is 0.443 e. The summed E-state index contributed by atoms with van der Waals surface area (Å²) >= 11 is 0. The van der Waals surface area contributed by atoms with Gasteiger partial charge in [-0.05, 0) is 100 Å². The lowest BCUT2D eigenvalue weighted by Crippen LogP contribution is -2.31. The fraction of sp³-hybridized carbons (Fsp3) is 0.438. The normalized spacial score (nSPS) is 18.5. The Hall–Kier alpha value is -4.03. The van der Waals surface area contributed by atoms with Crippen molar-refractivity contribution in [2.75, 3.05) is 11.9 Å². The number of nitrogens with zero attached hydrogens (tertiary/aromatic N) is 4. The molecular formula is C32H36N6O5S. The quantitative estimate of drug-likeness (QED) is 0.290. The second-order valence-corrected chi connectivity index (χ2v) is 13.9. The molecule has 2 amide bonds. The zero-order chi connectivity index (χ0) is 30.7. The first-order valence-corrected chi connectivity index (χ1v) is 16.3. The van der Waals surface area contributed by atoms with Crippen LogP contribution in [0.1, 0.15) is 68.7 Å². The van der Waals surface area contributed by atoms with E-state index >= 15 is 0 Å². The van der Waals surface area contributed by atoms with Crippen LogP contribution < -0.4 is 10.0 Å². The van der Waals surface area contributed by atoms with E-state index < -0.39 is 28.7 Å². The molecule has 0 saturated heterocycles. The Balaban J connectivity index is 1.20. The topological polar surface area (TPSA) is 129 Å². The monoisotopic (exact) mass is 616 g/mol. The van der Waals surface area contributed by atoms with Gasteiger partial charge in [-0.25, -0.2) is 28.3 Å². The Labute approximate surface area is 257 Å². The third kappa shape index (κ3) is 5.30. The molecule has 0 spiro atoms. The Morgan fingerprint density at radius 1 is 1.18 bits per heavy atom. The highest BCUT2D eigenvalue weighted by Gasteiger charge is 2.38. The average molecular weight is 617 g/mol. The predicted molar refractivity (Wildman–Crippen MR) is 166 cm³/mol. The number of pyridine rings is 1. The highest BCUT2D eigenvalue weighted by Crippen LogP contribution is 2.45. The molecule has 2 aliphatic carbocycles.